The molecule has 32 heavy (non-hydrogen) atoms. The molecule has 0 fully saturated rings. The topological polar surface area (TPSA) is 90.1 Å². The van der Waals surface area contributed by atoms with E-state index in [2.05, 4.69) is 26.5 Å². The Morgan fingerprint density at radius 2 is 1.94 bits per heavy atom. The molecule has 162 valence electrons. The second-order valence-corrected chi connectivity index (χ2v) is 7.70. The lowest BCUT2D eigenvalue weighted by Gasteiger charge is -2.09. The van der Waals surface area contributed by atoms with Crippen molar-refractivity contribution in [1.82, 2.24) is 5.43 Å². The maximum atomic E-state index is 12.6. The van der Waals surface area contributed by atoms with E-state index in [9.17, 15) is 9.59 Å². The number of benzene rings is 3. The lowest BCUT2D eigenvalue weighted by atomic mass is 10.1. The Morgan fingerprint density at radius 1 is 1.09 bits per heavy atom. The quantitative estimate of drug-likeness (QED) is 0.220. The molecule has 0 radical (unpaired) electrons. The highest BCUT2D eigenvalue weighted by Gasteiger charge is 2.14. The minimum absolute atomic E-state index is 0.154. The first-order valence-electron chi connectivity index (χ1n) is 9.88. The third-order valence-electron chi connectivity index (χ3n) is 4.64. The van der Waals surface area contributed by atoms with Crippen LogP contribution in [0.2, 0.25) is 0 Å². The summed E-state index contributed by atoms with van der Waals surface area (Å²) in [5, 5.41) is 6.95. The SMILES string of the molecule is CCOC(=O)COc1ccc(Br)cc1/C=N/NC(=O)c1cc2c(ccc3ccccc32)o1. The third kappa shape index (κ3) is 4.81. The number of furan rings is 1. The van der Waals surface area contributed by atoms with E-state index in [4.69, 9.17) is 13.9 Å². The van der Waals surface area contributed by atoms with Crippen LogP contribution in [0, 0.1) is 0 Å². The second kappa shape index (κ2) is 9.65. The summed E-state index contributed by atoms with van der Waals surface area (Å²) in [5.74, 6) is -0.370. The van der Waals surface area contributed by atoms with Crippen molar-refractivity contribution in [1.29, 1.82) is 0 Å². The summed E-state index contributed by atoms with van der Waals surface area (Å²) in [6.45, 7) is 1.78. The molecule has 0 bridgehead atoms. The summed E-state index contributed by atoms with van der Waals surface area (Å²) < 4.78 is 16.9. The number of carbonyl (C=O) groups excluding carboxylic acids is 2. The van der Waals surface area contributed by atoms with Crippen molar-refractivity contribution in [3.63, 3.8) is 0 Å². The van der Waals surface area contributed by atoms with Gasteiger partial charge < -0.3 is 13.9 Å². The smallest absolute Gasteiger partial charge is 0.344 e. The molecule has 0 aliphatic carbocycles. The maximum Gasteiger partial charge on any atom is 0.344 e. The van der Waals surface area contributed by atoms with Gasteiger partial charge in [-0.25, -0.2) is 10.2 Å². The Bertz CT molecular complexity index is 1330. The fraction of sp³-hybridized carbons (Fsp3) is 0.125. The summed E-state index contributed by atoms with van der Waals surface area (Å²) >= 11 is 3.39. The van der Waals surface area contributed by atoms with E-state index >= 15 is 0 Å². The number of halogens is 1. The molecule has 8 heteroatoms. The van der Waals surface area contributed by atoms with Crippen molar-refractivity contribution in [2.24, 2.45) is 5.10 Å². The predicted octanol–water partition coefficient (Wildman–Crippen LogP) is 5.05. The number of nitrogens with zero attached hydrogens (tertiary/aromatic N) is 1. The molecule has 1 N–H and O–H groups in total. The van der Waals surface area contributed by atoms with Crippen molar-refractivity contribution in [2.45, 2.75) is 6.92 Å². The molecule has 0 saturated carbocycles. The highest BCUT2D eigenvalue weighted by Crippen LogP contribution is 2.28. The Balaban J connectivity index is 1.49. The molecule has 4 aromatic rings. The first-order valence-corrected chi connectivity index (χ1v) is 10.7. The van der Waals surface area contributed by atoms with Gasteiger partial charge in [0.2, 0.25) is 0 Å². The molecular formula is C24H19BrN2O5. The number of hydrogen-bond donors (Lipinski definition) is 1. The zero-order chi connectivity index (χ0) is 22.5. The molecule has 0 saturated heterocycles. The summed E-state index contributed by atoms with van der Waals surface area (Å²) in [7, 11) is 0. The van der Waals surface area contributed by atoms with Crippen LogP contribution in [-0.2, 0) is 9.53 Å². The normalized spacial score (nSPS) is 11.2. The van der Waals surface area contributed by atoms with Crippen LogP contribution in [0.3, 0.4) is 0 Å². The number of carbonyl (C=O) groups is 2. The summed E-state index contributed by atoms with van der Waals surface area (Å²) in [6, 6.07) is 18.6. The highest BCUT2D eigenvalue weighted by molar-refractivity contribution is 9.10. The van der Waals surface area contributed by atoms with Gasteiger partial charge in [0.05, 0.1) is 12.8 Å². The predicted molar refractivity (Wildman–Crippen MR) is 125 cm³/mol. The molecule has 0 aliphatic heterocycles. The van der Waals surface area contributed by atoms with Crippen molar-refractivity contribution in [2.75, 3.05) is 13.2 Å². The van der Waals surface area contributed by atoms with Crippen molar-refractivity contribution in [3.05, 3.63) is 76.5 Å². The van der Waals surface area contributed by atoms with Crippen LogP contribution < -0.4 is 10.2 Å². The van der Waals surface area contributed by atoms with Gasteiger partial charge >= 0.3 is 11.9 Å². The Hall–Kier alpha value is -3.65. The lowest BCUT2D eigenvalue weighted by molar-refractivity contribution is -0.145. The van der Waals surface area contributed by atoms with E-state index in [0.29, 0.717) is 16.9 Å². The van der Waals surface area contributed by atoms with Gasteiger partial charge in [-0.2, -0.15) is 5.10 Å². The molecule has 1 heterocycles. The van der Waals surface area contributed by atoms with Gasteiger partial charge in [-0.15, -0.1) is 0 Å². The van der Waals surface area contributed by atoms with E-state index in [1.165, 1.54) is 6.21 Å². The standard InChI is InChI=1S/C24H19BrN2O5/c1-2-30-23(28)14-31-20-10-8-17(25)11-16(20)13-26-27-24(29)22-12-19-18-6-4-3-5-15(18)7-9-21(19)32-22/h3-13H,2,14H2,1H3,(H,27,29)/b26-13+. The molecule has 0 unspecified atom stereocenters. The van der Waals surface area contributed by atoms with Crippen LogP contribution in [0.1, 0.15) is 23.0 Å². The molecule has 0 aliphatic rings. The Labute approximate surface area is 192 Å². The number of fused-ring (bicyclic) bond motifs is 3. The summed E-state index contributed by atoms with van der Waals surface area (Å²) in [5.41, 5.74) is 3.66. The van der Waals surface area contributed by atoms with Crippen LogP contribution in [0.25, 0.3) is 21.7 Å². The zero-order valence-corrected chi connectivity index (χ0v) is 18.7. The van der Waals surface area contributed by atoms with E-state index in [1.54, 1.807) is 31.2 Å². The molecule has 1 amide bonds. The number of amides is 1. The fourth-order valence-corrected chi connectivity index (χ4v) is 3.59. The minimum atomic E-state index is -0.481. The van der Waals surface area contributed by atoms with E-state index in [1.807, 2.05) is 36.4 Å². The molecule has 0 atom stereocenters. The first-order chi connectivity index (χ1) is 15.5. The maximum absolute atomic E-state index is 12.6. The van der Waals surface area contributed by atoms with Gasteiger partial charge in [0, 0.05) is 15.4 Å². The minimum Gasteiger partial charge on any atom is -0.481 e. The van der Waals surface area contributed by atoms with Gasteiger partial charge in [-0.05, 0) is 48.0 Å². The molecule has 3 aromatic carbocycles. The summed E-state index contributed by atoms with van der Waals surface area (Å²) in [4.78, 5) is 24.1. The van der Waals surface area contributed by atoms with Gasteiger partial charge in [0.25, 0.3) is 0 Å². The van der Waals surface area contributed by atoms with E-state index in [-0.39, 0.29) is 19.0 Å². The van der Waals surface area contributed by atoms with Crippen LogP contribution in [0.4, 0.5) is 0 Å². The number of ether oxygens (including phenoxy) is 2. The number of rotatable bonds is 7. The molecule has 4 rings (SSSR count). The average Bonchev–Trinajstić information content (AvgIpc) is 3.24. The molecule has 0 spiro atoms. The Kier molecular flexibility index (Phi) is 6.51. The molecular weight excluding hydrogens is 476 g/mol. The van der Waals surface area contributed by atoms with Crippen molar-refractivity contribution in [3.8, 4) is 5.75 Å². The van der Waals surface area contributed by atoms with Crippen molar-refractivity contribution >= 4 is 55.8 Å². The largest absolute Gasteiger partial charge is 0.481 e. The first kappa shape index (κ1) is 21.6. The van der Waals surface area contributed by atoms with Crippen LogP contribution in [0.5, 0.6) is 5.75 Å². The average molecular weight is 495 g/mol. The van der Waals surface area contributed by atoms with Crippen LogP contribution in [0.15, 0.2) is 74.7 Å². The lowest BCUT2D eigenvalue weighted by Crippen LogP contribution is -2.17. The van der Waals surface area contributed by atoms with Gasteiger partial charge in [-0.3, -0.25) is 4.79 Å². The van der Waals surface area contributed by atoms with E-state index in [0.717, 1.165) is 20.6 Å². The van der Waals surface area contributed by atoms with Crippen LogP contribution in [-0.4, -0.2) is 31.3 Å². The highest BCUT2D eigenvalue weighted by atomic mass is 79.9. The number of hydrogen-bond acceptors (Lipinski definition) is 6. The zero-order valence-electron chi connectivity index (χ0n) is 17.1. The van der Waals surface area contributed by atoms with Crippen molar-refractivity contribution < 1.29 is 23.5 Å². The number of hydrazone groups is 1. The van der Waals surface area contributed by atoms with Gasteiger partial charge in [0.15, 0.2) is 12.4 Å². The second-order valence-electron chi connectivity index (χ2n) is 6.78. The van der Waals surface area contributed by atoms with Crippen LogP contribution >= 0.6 is 15.9 Å². The van der Waals surface area contributed by atoms with E-state index < -0.39 is 11.9 Å². The summed E-state index contributed by atoms with van der Waals surface area (Å²) in [6.07, 6.45) is 1.43. The van der Waals surface area contributed by atoms with Gasteiger partial charge in [-0.1, -0.05) is 46.3 Å². The number of esters is 1. The monoisotopic (exact) mass is 494 g/mol. The molecule has 1 aromatic heterocycles. The number of nitrogens with one attached hydrogen (secondary N) is 1. The van der Waals surface area contributed by atoms with Gasteiger partial charge in [0.1, 0.15) is 11.3 Å². The third-order valence-corrected chi connectivity index (χ3v) is 5.14. The molecule has 7 nitrogen and oxygen atoms in total. The Morgan fingerprint density at radius 3 is 2.78 bits per heavy atom. The fourth-order valence-electron chi connectivity index (χ4n) is 3.21.